The first-order valence-electron chi connectivity index (χ1n) is 9.84. The van der Waals surface area contributed by atoms with Gasteiger partial charge < -0.3 is 10.0 Å². The summed E-state index contributed by atoms with van der Waals surface area (Å²) in [5.74, 6) is -0.868. The van der Waals surface area contributed by atoms with Crippen molar-refractivity contribution >= 4 is 35.2 Å². The van der Waals surface area contributed by atoms with Gasteiger partial charge in [-0.2, -0.15) is 13.2 Å². The monoisotopic (exact) mass is 472 g/mol. The molecule has 4 nitrogen and oxygen atoms in total. The summed E-state index contributed by atoms with van der Waals surface area (Å²) in [4.78, 5) is 14.1. The second kappa shape index (κ2) is 9.30. The van der Waals surface area contributed by atoms with E-state index in [1.54, 1.807) is 11.9 Å². The molecule has 31 heavy (non-hydrogen) atoms. The van der Waals surface area contributed by atoms with Crippen LogP contribution in [0.25, 0.3) is 0 Å². The molecule has 0 aliphatic carbocycles. The lowest BCUT2D eigenvalue weighted by atomic mass is 10.1. The maximum atomic E-state index is 13.0. The highest BCUT2D eigenvalue weighted by Crippen LogP contribution is 2.38. The van der Waals surface area contributed by atoms with E-state index in [1.807, 2.05) is 30.0 Å². The second-order valence-corrected chi connectivity index (χ2v) is 9.42. The number of piperazine rings is 1. The molecule has 1 aliphatic rings. The molecule has 2 aromatic carbocycles. The molecule has 1 saturated heterocycles. The molecule has 0 amide bonds. The third-order valence-corrected chi connectivity index (χ3v) is 6.83. The van der Waals surface area contributed by atoms with E-state index in [-0.39, 0.29) is 23.5 Å². The molecule has 0 spiro atoms. The molecule has 1 aliphatic heterocycles. The van der Waals surface area contributed by atoms with Gasteiger partial charge in [-0.25, -0.2) is 4.31 Å². The van der Waals surface area contributed by atoms with Gasteiger partial charge in [-0.15, -0.1) is 0 Å². The summed E-state index contributed by atoms with van der Waals surface area (Å²) >= 11 is 7.49. The van der Waals surface area contributed by atoms with Gasteiger partial charge in [0.05, 0.1) is 17.0 Å². The first-order chi connectivity index (χ1) is 14.4. The van der Waals surface area contributed by atoms with Crippen molar-refractivity contribution in [1.82, 2.24) is 4.31 Å². The Morgan fingerprint density at radius 1 is 1.16 bits per heavy atom. The Bertz CT molecular complexity index is 958. The Morgan fingerprint density at radius 2 is 1.81 bits per heavy atom. The number of alkyl halides is 3. The minimum Gasteiger partial charge on any atom is -0.481 e. The number of rotatable bonds is 5. The van der Waals surface area contributed by atoms with Crippen LogP contribution in [0.2, 0.25) is 5.02 Å². The first kappa shape index (κ1) is 23.8. The lowest BCUT2D eigenvalue weighted by molar-refractivity contribution is -0.138. The lowest BCUT2D eigenvalue weighted by Crippen LogP contribution is -2.53. The number of benzene rings is 2. The summed E-state index contributed by atoms with van der Waals surface area (Å²) in [5, 5.41) is 8.78. The van der Waals surface area contributed by atoms with Crippen LogP contribution in [0, 0.1) is 6.92 Å². The number of nitrogens with zero attached hydrogens (tertiary/aromatic N) is 2. The Balaban J connectivity index is 1.74. The molecule has 2 unspecified atom stereocenters. The normalized spacial score (nSPS) is 20.2. The van der Waals surface area contributed by atoms with E-state index in [1.165, 1.54) is 12.1 Å². The Hall–Kier alpha value is -1.90. The van der Waals surface area contributed by atoms with Gasteiger partial charge in [0.15, 0.2) is 0 Å². The first-order valence-corrected chi connectivity index (χ1v) is 11.0. The molecule has 9 heteroatoms. The van der Waals surface area contributed by atoms with Gasteiger partial charge in [0, 0.05) is 35.8 Å². The van der Waals surface area contributed by atoms with Crippen LogP contribution in [-0.4, -0.2) is 40.6 Å². The van der Waals surface area contributed by atoms with Crippen LogP contribution >= 0.6 is 23.5 Å². The Morgan fingerprint density at radius 3 is 2.35 bits per heavy atom. The zero-order valence-electron chi connectivity index (χ0n) is 17.4. The number of carboxylic acids is 1. The van der Waals surface area contributed by atoms with Crippen LogP contribution in [-0.2, 0) is 17.4 Å². The van der Waals surface area contributed by atoms with E-state index in [2.05, 4.69) is 18.2 Å². The van der Waals surface area contributed by atoms with Crippen LogP contribution in [0.3, 0.4) is 0 Å². The average Bonchev–Trinajstić information content (AvgIpc) is 2.62. The summed E-state index contributed by atoms with van der Waals surface area (Å²) in [5.41, 5.74) is 1.60. The van der Waals surface area contributed by atoms with E-state index in [4.69, 9.17) is 16.7 Å². The maximum Gasteiger partial charge on any atom is 0.417 e. The molecular formula is C22H24ClF3N2O2S. The fraction of sp³-hybridized carbons (Fsp3) is 0.409. The van der Waals surface area contributed by atoms with Crippen LogP contribution in [0.5, 0.6) is 0 Å². The molecule has 3 rings (SSSR count). The highest BCUT2D eigenvalue weighted by molar-refractivity contribution is 7.97. The summed E-state index contributed by atoms with van der Waals surface area (Å²) in [6.07, 6.45) is -4.50. The highest BCUT2D eigenvalue weighted by Gasteiger charge is 2.35. The number of hydrogen-bond donors (Lipinski definition) is 1. The van der Waals surface area contributed by atoms with E-state index in [9.17, 15) is 18.0 Å². The summed E-state index contributed by atoms with van der Waals surface area (Å²) in [6.45, 7) is 7.33. The Labute approximate surface area is 189 Å². The molecule has 1 fully saturated rings. The van der Waals surface area contributed by atoms with Gasteiger partial charge in [0.25, 0.3) is 0 Å². The van der Waals surface area contributed by atoms with Crippen LogP contribution < -0.4 is 4.90 Å². The summed E-state index contributed by atoms with van der Waals surface area (Å²) in [7, 11) is 0. The zero-order chi connectivity index (χ0) is 22.9. The number of aliphatic carboxylic acids is 1. The predicted molar refractivity (Wildman–Crippen MR) is 118 cm³/mol. The summed E-state index contributed by atoms with van der Waals surface area (Å²) in [6, 6.07) is 9.89. The quantitative estimate of drug-likeness (QED) is 0.549. The van der Waals surface area contributed by atoms with Crippen molar-refractivity contribution in [3.05, 3.63) is 58.1 Å². The predicted octanol–water partition coefficient (Wildman–Crippen LogP) is 5.90. The molecule has 2 aromatic rings. The topological polar surface area (TPSA) is 43.8 Å². The maximum absolute atomic E-state index is 13.0. The molecule has 1 N–H and O–H groups in total. The van der Waals surface area contributed by atoms with Crippen molar-refractivity contribution in [3.63, 3.8) is 0 Å². The van der Waals surface area contributed by atoms with Gasteiger partial charge in [-0.3, -0.25) is 4.79 Å². The molecule has 1 heterocycles. The van der Waals surface area contributed by atoms with Crippen molar-refractivity contribution in [2.24, 2.45) is 0 Å². The van der Waals surface area contributed by atoms with Gasteiger partial charge in [0.2, 0.25) is 0 Å². The molecule has 168 valence electrons. The van der Waals surface area contributed by atoms with Crippen molar-refractivity contribution in [2.75, 3.05) is 18.0 Å². The number of hydrogen-bond acceptors (Lipinski definition) is 4. The van der Waals surface area contributed by atoms with Crippen LogP contribution in [0.1, 0.15) is 30.5 Å². The molecule has 0 bridgehead atoms. The number of halogens is 4. The van der Waals surface area contributed by atoms with Gasteiger partial charge >= 0.3 is 12.1 Å². The fourth-order valence-corrected chi connectivity index (χ4v) is 5.37. The molecule has 0 aromatic heterocycles. The van der Waals surface area contributed by atoms with E-state index in [0.717, 1.165) is 22.1 Å². The molecule has 2 atom stereocenters. The second-order valence-electron chi connectivity index (χ2n) is 7.94. The van der Waals surface area contributed by atoms with E-state index < -0.39 is 17.7 Å². The largest absolute Gasteiger partial charge is 0.481 e. The van der Waals surface area contributed by atoms with E-state index in [0.29, 0.717) is 18.8 Å². The smallest absolute Gasteiger partial charge is 0.417 e. The fourth-order valence-electron chi connectivity index (χ4n) is 3.90. The minimum absolute atomic E-state index is 0.0250. The molecule has 0 saturated carbocycles. The lowest BCUT2D eigenvalue weighted by Gasteiger charge is -2.44. The molecule has 0 radical (unpaired) electrons. The third kappa shape index (κ3) is 5.87. The van der Waals surface area contributed by atoms with Gasteiger partial charge in [0.1, 0.15) is 0 Å². The SMILES string of the molecule is Cc1cc(CC(=O)O)cc(SN2C(C)CN(c3ccc(C(F)(F)F)c(Cl)c3)CC2C)c1. The standard InChI is InChI=1S/C22H24ClF3N2O2S/c1-13-6-16(9-21(29)30)8-18(7-13)31-28-14(2)11-27(12-15(28)3)17-4-5-19(20(23)10-17)22(24,25)26/h4-8,10,14-15H,9,11-12H2,1-3H3,(H,29,30). The zero-order valence-corrected chi connectivity index (χ0v) is 19.0. The highest BCUT2D eigenvalue weighted by atomic mass is 35.5. The minimum atomic E-state index is -4.47. The van der Waals surface area contributed by atoms with Crippen molar-refractivity contribution in [2.45, 2.75) is 50.3 Å². The van der Waals surface area contributed by atoms with Crippen LogP contribution in [0.4, 0.5) is 18.9 Å². The van der Waals surface area contributed by atoms with Crippen molar-refractivity contribution in [3.8, 4) is 0 Å². The molecular weight excluding hydrogens is 449 g/mol. The Kier molecular flexibility index (Phi) is 7.13. The average molecular weight is 473 g/mol. The van der Waals surface area contributed by atoms with E-state index >= 15 is 0 Å². The number of carbonyl (C=O) groups is 1. The van der Waals surface area contributed by atoms with Gasteiger partial charge in [-0.1, -0.05) is 17.7 Å². The number of aryl methyl sites for hydroxylation is 1. The van der Waals surface area contributed by atoms with Crippen LogP contribution in [0.15, 0.2) is 41.3 Å². The third-order valence-electron chi connectivity index (χ3n) is 5.14. The number of carboxylic acid groups (broad SMARTS) is 1. The van der Waals surface area contributed by atoms with Crippen molar-refractivity contribution in [1.29, 1.82) is 0 Å². The summed E-state index contributed by atoms with van der Waals surface area (Å²) < 4.78 is 41.2. The van der Waals surface area contributed by atoms with Gasteiger partial charge in [-0.05, 0) is 74.2 Å². The number of anilines is 1. The van der Waals surface area contributed by atoms with Crippen molar-refractivity contribution < 1.29 is 23.1 Å².